The van der Waals surface area contributed by atoms with Gasteiger partial charge in [0, 0.05) is 19.0 Å². The predicted molar refractivity (Wildman–Crippen MR) is 79.8 cm³/mol. The van der Waals surface area contributed by atoms with E-state index in [2.05, 4.69) is 41.5 Å². The second kappa shape index (κ2) is 7.17. The third kappa shape index (κ3) is 4.15. The molecule has 0 saturated heterocycles. The first-order chi connectivity index (χ1) is 9.69. The molecule has 2 rings (SSSR count). The lowest BCUT2D eigenvalue weighted by Crippen LogP contribution is -2.39. The predicted octanol–water partition coefficient (Wildman–Crippen LogP) is 1.55. The third-order valence-corrected chi connectivity index (χ3v) is 3.22. The van der Waals surface area contributed by atoms with E-state index in [4.69, 9.17) is 5.84 Å². The van der Waals surface area contributed by atoms with Crippen LogP contribution in [0.15, 0.2) is 36.7 Å². The van der Waals surface area contributed by atoms with Gasteiger partial charge in [0.2, 0.25) is 0 Å². The molecule has 0 fully saturated rings. The average molecular weight is 273 g/mol. The molecule has 0 radical (unpaired) electrons. The first kappa shape index (κ1) is 14.7. The number of hydrogen-bond acceptors (Lipinski definition) is 4. The smallest absolute Gasteiger partial charge is 0.138 e. The fourth-order valence-electron chi connectivity index (χ4n) is 2.25. The number of rotatable bonds is 7. The molecule has 3 N–H and O–H groups in total. The van der Waals surface area contributed by atoms with Crippen LogP contribution in [0.1, 0.15) is 25.2 Å². The zero-order valence-corrected chi connectivity index (χ0v) is 12.2. The number of aromatic nitrogens is 3. The van der Waals surface area contributed by atoms with Crippen LogP contribution < -0.4 is 11.3 Å². The summed E-state index contributed by atoms with van der Waals surface area (Å²) in [5.41, 5.74) is 4.16. The normalized spacial score (nSPS) is 12.8. The molecule has 0 amide bonds. The second-order valence-corrected chi connectivity index (χ2v) is 5.51. The van der Waals surface area contributed by atoms with E-state index in [-0.39, 0.29) is 6.04 Å². The number of hydrazine groups is 1. The first-order valence-electron chi connectivity index (χ1n) is 7.05. The summed E-state index contributed by atoms with van der Waals surface area (Å²) in [4.78, 5) is 4.35. The van der Waals surface area contributed by atoms with E-state index in [0.29, 0.717) is 5.92 Å². The molecule has 5 heteroatoms. The van der Waals surface area contributed by atoms with Crippen molar-refractivity contribution in [3.63, 3.8) is 0 Å². The van der Waals surface area contributed by atoms with Crippen molar-refractivity contribution in [2.24, 2.45) is 11.8 Å². The van der Waals surface area contributed by atoms with Gasteiger partial charge in [-0.25, -0.2) is 9.67 Å². The summed E-state index contributed by atoms with van der Waals surface area (Å²) in [5.74, 6) is 7.21. The molecule has 0 saturated carbocycles. The number of nitrogens with zero attached hydrogens (tertiary/aromatic N) is 3. The summed E-state index contributed by atoms with van der Waals surface area (Å²) in [5, 5.41) is 4.29. The van der Waals surface area contributed by atoms with Crippen LogP contribution in [0.25, 0.3) is 0 Å². The monoisotopic (exact) mass is 273 g/mol. The Morgan fingerprint density at radius 2 is 1.95 bits per heavy atom. The van der Waals surface area contributed by atoms with Crippen LogP contribution in [0.4, 0.5) is 0 Å². The van der Waals surface area contributed by atoms with E-state index in [0.717, 1.165) is 25.2 Å². The van der Waals surface area contributed by atoms with Gasteiger partial charge in [-0.05, 0) is 17.9 Å². The van der Waals surface area contributed by atoms with Gasteiger partial charge in [-0.1, -0.05) is 44.2 Å². The molecule has 0 bridgehead atoms. The molecule has 2 aromatic rings. The molecule has 20 heavy (non-hydrogen) atoms. The van der Waals surface area contributed by atoms with Crippen molar-refractivity contribution >= 4 is 0 Å². The molecule has 1 unspecified atom stereocenters. The van der Waals surface area contributed by atoms with Crippen LogP contribution in [0.5, 0.6) is 0 Å². The molecule has 1 heterocycles. The maximum atomic E-state index is 5.68. The van der Waals surface area contributed by atoms with Gasteiger partial charge < -0.3 is 0 Å². The maximum Gasteiger partial charge on any atom is 0.138 e. The van der Waals surface area contributed by atoms with Crippen LogP contribution in [0.2, 0.25) is 0 Å². The Morgan fingerprint density at radius 3 is 2.60 bits per heavy atom. The van der Waals surface area contributed by atoms with Crippen molar-refractivity contribution in [2.45, 2.75) is 39.3 Å². The van der Waals surface area contributed by atoms with E-state index >= 15 is 0 Å². The van der Waals surface area contributed by atoms with Crippen molar-refractivity contribution in [1.29, 1.82) is 0 Å². The topological polar surface area (TPSA) is 68.8 Å². The van der Waals surface area contributed by atoms with E-state index in [1.165, 1.54) is 5.56 Å². The highest BCUT2D eigenvalue weighted by Crippen LogP contribution is 2.08. The molecule has 1 aromatic carbocycles. The highest BCUT2D eigenvalue weighted by Gasteiger charge is 2.14. The maximum absolute atomic E-state index is 5.68. The van der Waals surface area contributed by atoms with Gasteiger partial charge in [-0.3, -0.25) is 11.3 Å². The molecule has 0 aliphatic carbocycles. The van der Waals surface area contributed by atoms with E-state index in [9.17, 15) is 0 Å². The highest BCUT2D eigenvalue weighted by molar-refractivity contribution is 5.16. The fraction of sp³-hybridized carbons (Fsp3) is 0.467. The van der Waals surface area contributed by atoms with Crippen molar-refractivity contribution in [1.82, 2.24) is 20.2 Å². The summed E-state index contributed by atoms with van der Waals surface area (Å²) in [6.45, 7) is 5.24. The van der Waals surface area contributed by atoms with Gasteiger partial charge in [-0.2, -0.15) is 5.10 Å². The summed E-state index contributed by atoms with van der Waals surface area (Å²) in [6.07, 6.45) is 3.28. The Morgan fingerprint density at radius 1 is 1.20 bits per heavy atom. The molecule has 0 spiro atoms. The lowest BCUT2D eigenvalue weighted by molar-refractivity contribution is 0.441. The number of benzene rings is 1. The quantitative estimate of drug-likeness (QED) is 0.593. The largest absolute Gasteiger partial charge is 0.271 e. The molecule has 1 aromatic heterocycles. The minimum atomic E-state index is 0.160. The van der Waals surface area contributed by atoms with Crippen LogP contribution in [-0.2, 0) is 19.4 Å². The SMILES string of the molecule is CC(C)Cn1ncnc1CC(Cc1ccccc1)NN. The van der Waals surface area contributed by atoms with Crippen LogP contribution in [0.3, 0.4) is 0 Å². The van der Waals surface area contributed by atoms with E-state index < -0.39 is 0 Å². The number of nitrogens with two attached hydrogens (primary N) is 1. The molecule has 108 valence electrons. The standard InChI is InChI=1S/C15H23N5/c1-12(2)10-20-15(17-11-18-20)9-14(19-16)8-13-6-4-3-5-7-13/h3-7,11-12,14,19H,8-10,16H2,1-2H3. The fourth-order valence-corrected chi connectivity index (χ4v) is 2.25. The van der Waals surface area contributed by atoms with Gasteiger partial charge in [0.25, 0.3) is 0 Å². The Bertz CT molecular complexity index is 506. The third-order valence-electron chi connectivity index (χ3n) is 3.22. The second-order valence-electron chi connectivity index (χ2n) is 5.51. The van der Waals surface area contributed by atoms with Crippen LogP contribution in [-0.4, -0.2) is 20.8 Å². The Kier molecular flexibility index (Phi) is 5.26. The summed E-state index contributed by atoms with van der Waals surface area (Å²) < 4.78 is 1.97. The van der Waals surface area contributed by atoms with Gasteiger partial charge in [-0.15, -0.1) is 0 Å². The Labute approximate surface area is 120 Å². The molecular weight excluding hydrogens is 250 g/mol. The summed E-state index contributed by atoms with van der Waals surface area (Å²) >= 11 is 0. The van der Waals surface area contributed by atoms with Crippen molar-refractivity contribution in [3.8, 4) is 0 Å². The lowest BCUT2D eigenvalue weighted by Gasteiger charge is -2.16. The van der Waals surface area contributed by atoms with Gasteiger partial charge in [0.1, 0.15) is 12.2 Å². The zero-order valence-electron chi connectivity index (χ0n) is 12.2. The molecule has 0 aliphatic rings. The molecule has 5 nitrogen and oxygen atoms in total. The Balaban J connectivity index is 2.01. The van der Waals surface area contributed by atoms with E-state index in [1.807, 2.05) is 22.9 Å². The lowest BCUT2D eigenvalue weighted by atomic mass is 10.0. The van der Waals surface area contributed by atoms with E-state index in [1.54, 1.807) is 6.33 Å². The highest BCUT2D eigenvalue weighted by atomic mass is 15.3. The van der Waals surface area contributed by atoms with Crippen LogP contribution in [0, 0.1) is 5.92 Å². The molecule has 0 aliphatic heterocycles. The van der Waals surface area contributed by atoms with Gasteiger partial charge in [0.05, 0.1) is 0 Å². The number of hydrogen-bond donors (Lipinski definition) is 2. The first-order valence-corrected chi connectivity index (χ1v) is 7.05. The van der Waals surface area contributed by atoms with Gasteiger partial charge >= 0.3 is 0 Å². The summed E-state index contributed by atoms with van der Waals surface area (Å²) in [7, 11) is 0. The zero-order chi connectivity index (χ0) is 14.4. The summed E-state index contributed by atoms with van der Waals surface area (Å²) in [6, 6.07) is 10.5. The van der Waals surface area contributed by atoms with Gasteiger partial charge in [0.15, 0.2) is 0 Å². The minimum Gasteiger partial charge on any atom is -0.271 e. The number of nitrogens with one attached hydrogen (secondary N) is 1. The van der Waals surface area contributed by atoms with Crippen molar-refractivity contribution in [3.05, 3.63) is 48.0 Å². The average Bonchev–Trinajstić information content (AvgIpc) is 2.85. The van der Waals surface area contributed by atoms with Crippen molar-refractivity contribution < 1.29 is 0 Å². The van der Waals surface area contributed by atoms with Crippen molar-refractivity contribution in [2.75, 3.05) is 0 Å². The molecular formula is C15H23N5. The molecule has 1 atom stereocenters. The Hall–Kier alpha value is -1.72. The minimum absolute atomic E-state index is 0.160. The van der Waals surface area contributed by atoms with Crippen LogP contribution >= 0.6 is 0 Å².